The highest BCUT2D eigenvalue weighted by molar-refractivity contribution is 6.34. The molecule has 0 unspecified atom stereocenters. The first-order valence-electron chi connectivity index (χ1n) is 11.3. The summed E-state index contributed by atoms with van der Waals surface area (Å²) in [6.45, 7) is 7.74. The van der Waals surface area contributed by atoms with Gasteiger partial charge in [0.15, 0.2) is 0 Å². The van der Waals surface area contributed by atoms with Gasteiger partial charge in [-0.2, -0.15) is 0 Å². The predicted octanol–water partition coefficient (Wildman–Crippen LogP) is 3.41. The molecule has 9 heteroatoms. The van der Waals surface area contributed by atoms with E-state index in [1.165, 1.54) is 4.57 Å². The minimum atomic E-state index is -1.18. The Labute approximate surface area is 207 Å². The quantitative estimate of drug-likeness (QED) is 0.495. The fraction of sp³-hybridized carbons (Fsp3) is 0.308. The van der Waals surface area contributed by atoms with Gasteiger partial charge < -0.3 is 10.4 Å². The van der Waals surface area contributed by atoms with Crippen LogP contribution >= 0.6 is 11.6 Å². The van der Waals surface area contributed by atoms with Gasteiger partial charge in [0, 0.05) is 25.2 Å². The lowest BCUT2D eigenvalue weighted by molar-refractivity contribution is -0.139. The van der Waals surface area contributed by atoms with Crippen LogP contribution in [-0.4, -0.2) is 32.2 Å². The molecule has 1 amide bonds. The van der Waals surface area contributed by atoms with Crippen molar-refractivity contribution < 1.29 is 14.7 Å². The predicted molar refractivity (Wildman–Crippen MR) is 135 cm³/mol. The highest BCUT2D eigenvalue weighted by Crippen LogP contribution is 2.22. The summed E-state index contributed by atoms with van der Waals surface area (Å²) in [4.78, 5) is 50.1. The molecule has 0 aliphatic heterocycles. The molecule has 2 N–H and O–H groups in total. The second kappa shape index (κ2) is 10.7. The molecule has 2 aromatic carbocycles. The molecule has 184 valence electrons. The van der Waals surface area contributed by atoms with Crippen LogP contribution < -0.4 is 16.6 Å². The molecule has 1 aromatic heterocycles. The number of nitrogens with one attached hydrogen (secondary N) is 1. The van der Waals surface area contributed by atoms with Crippen molar-refractivity contribution in [3.8, 4) is 11.1 Å². The summed E-state index contributed by atoms with van der Waals surface area (Å²) >= 11 is 6.14. The van der Waals surface area contributed by atoms with Gasteiger partial charge in [-0.25, -0.2) is 9.59 Å². The monoisotopic (exact) mass is 497 g/mol. The average Bonchev–Trinajstić information content (AvgIpc) is 2.80. The van der Waals surface area contributed by atoms with Gasteiger partial charge in [-0.05, 0) is 50.5 Å². The molecule has 0 spiro atoms. The molecule has 35 heavy (non-hydrogen) atoms. The van der Waals surface area contributed by atoms with Crippen LogP contribution in [0.4, 0.5) is 0 Å². The second-order valence-corrected chi connectivity index (χ2v) is 8.64. The number of hydrogen-bond donors (Lipinski definition) is 2. The number of carbonyl (C=O) groups is 2. The molecule has 0 saturated carbocycles. The van der Waals surface area contributed by atoms with Crippen molar-refractivity contribution in [2.75, 3.05) is 0 Å². The van der Waals surface area contributed by atoms with Gasteiger partial charge in [0.2, 0.25) is 0 Å². The van der Waals surface area contributed by atoms with Gasteiger partial charge in [-0.1, -0.05) is 48.0 Å². The molecule has 0 fully saturated rings. The van der Waals surface area contributed by atoms with Gasteiger partial charge in [0.25, 0.3) is 11.5 Å². The van der Waals surface area contributed by atoms with E-state index >= 15 is 0 Å². The number of hydrogen-bond acceptors (Lipinski definition) is 4. The first kappa shape index (κ1) is 26.0. The molecule has 1 heterocycles. The summed E-state index contributed by atoms with van der Waals surface area (Å²) in [7, 11) is 0. The van der Waals surface area contributed by atoms with Gasteiger partial charge in [-0.15, -0.1) is 0 Å². The number of halogens is 1. The van der Waals surface area contributed by atoms with Crippen molar-refractivity contribution in [3.63, 3.8) is 0 Å². The number of aliphatic carboxylic acids is 1. The van der Waals surface area contributed by atoms with E-state index < -0.39 is 17.9 Å². The smallest absolute Gasteiger partial charge is 0.331 e. The van der Waals surface area contributed by atoms with E-state index in [-0.39, 0.29) is 34.8 Å². The number of carbonyl (C=O) groups excluding carboxylic acids is 1. The molecule has 0 radical (unpaired) electrons. The van der Waals surface area contributed by atoms with E-state index in [9.17, 15) is 24.3 Å². The molecule has 3 rings (SSSR count). The van der Waals surface area contributed by atoms with Crippen molar-refractivity contribution in [2.45, 2.75) is 53.2 Å². The van der Waals surface area contributed by atoms with Crippen molar-refractivity contribution in [2.24, 2.45) is 0 Å². The van der Waals surface area contributed by atoms with Crippen molar-refractivity contribution in [1.29, 1.82) is 0 Å². The Balaban J connectivity index is 1.90. The van der Waals surface area contributed by atoms with E-state index in [1.807, 2.05) is 6.92 Å². The second-order valence-electron chi connectivity index (χ2n) is 8.23. The minimum Gasteiger partial charge on any atom is -0.480 e. The number of nitrogens with zero attached hydrogens (tertiary/aromatic N) is 2. The Hall–Kier alpha value is -3.65. The van der Waals surface area contributed by atoms with E-state index in [0.29, 0.717) is 34.5 Å². The zero-order valence-corrected chi connectivity index (χ0v) is 20.8. The Kier molecular flexibility index (Phi) is 7.96. The fourth-order valence-corrected chi connectivity index (χ4v) is 4.49. The van der Waals surface area contributed by atoms with Gasteiger partial charge >= 0.3 is 11.7 Å². The number of benzene rings is 2. The first-order chi connectivity index (χ1) is 16.6. The Morgan fingerprint density at radius 1 is 1.00 bits per heavy atom. The molecular weight excluding hydrogens is 470 g/mol. The maximum absolute atomic E-state index is 13.0. The standard InChI is InChI=1S/C26H28ClN3O5/c1-5-29-16(4)22(24(32)30(6-2)26(29)35)18-12-10-17(11-13-18)14-20(25(33)34)28-23(31)21-15(3)8-7-9-19(21)27/h7-13,20H,5-6,14H2,1-4H3,(H,28,31)(H,33,34)/t20-/m0/s1. The summed E-state index contributed by atoms with van der Waals surface area (Å²) in [6.07, 6.45) is 0.0392. The van der Waals surface area contributed by atoms with Crippen LogP contribution in [0.2, 0.25) is 5.02 Å². The summed E-state index contributed by atoms with van der Waals surface area (Å²) in [5.74, 6) is -1.74. The fourth-order valence-electron chi connectivity index (χ4n) is 4.18. The van der Waals surface area contributed by atoms with Gasteiger partial charge in [-0.3, -0.25) is 18.7 Å². The number of amides is 1. The van der Waals surface area contributed by atoms with Crippen molar-refractivity contribution in [3.05, 3.63) is 90.7 Å². The molecule has 0 aliphatic rings. The zero-order valence-electron chi connectivity index (χ0n) is 20.1. The van der Waals surface area contributed by atoms with Crippen LogP contribution in [0.25, 0.3) is 11.1 Å². The lowest BCUT2D eigenvalue weighted by atomic mass is 10.00. The third-order valence-electron chi connectivity index (χ3n) is 6.05. The number of rotatable bonds is 8. The SMILES string of the molecule is CCn1c(C)c(-c2ccc(C[C@H](NC(=O)c3c(C)cccc3Cl)C(=O)O)cc2)c(=O)n(CC)c1=O. The normalized spacial score (nSPS) is 11.8. The maximum atomic E-state index is 13.0. The maximum Gasteiger partial charge on any atom is 0.331 e. The molecule has 8 nitrogen and oxygen atoms in total. The first-order valence-corrected chi connectivity index (χ1v) is 11.7. The molecule has 0 aliphatic carbocycles. The van der Waals surface area contributed by atoms with Crippen molar-refractivity contribution >= 4 is 23.5 Å². The van der Waals surface area contributed by atoms with Crippen LogP contribution in [0.5, 0.6) is 0 Å². The van der Waals surface area contributed by atoms with Crippen LogP contribution in [0.1, 0.15) is 41.0 Å². The number of carboxylic acid groups (broad SMARTS) is 1. The van der Waals surface area contributed by atoms with Crippen molar-refractivity contribution in [1.82, 2.24) is 14.5 Å². The number of aryl methyl sites for hydroxylation is 1. The lowest BCUT2D eigenvalue weighted by Crippen LogP contribution is -2.42. The van der Waals surface area contributed by atoms with Crippen LogP contribution in [-0.2, 0) is 24.3 Å². The summed E-state index contributed by atoms with van der Waals surface area (Å²) in [5.41, 5.74) is 2.47. The Bertz CT molecular complexity index is 1370. The summed E-state index contributed by atoms with van der Waals surface area (Å²) < 4.78 is 2.76. The van der Waals surface area contributed by atoms with Crippen LogP contribution in [0.3, 0.4) is 0 Å². The van der Waals surface area contributed by atoms with E-state index in [1.54, 1.807) is 67.8 Å². The average molecular weight is 498 g/mol. The lowest BCUT2D eigenvalue weighted by Gasteiger charge is -2.17. The minimum absolute atomic E-state index is 0.0392. The molecule has 0 saturated heterocycles. The molecule has 1 atom stereocenters. The number of aromatic nitrogens is 2. The summed E-state index contributed by atoms with van der Waals surface area (Å²) in [5, 5.41) is 12.5. The van der Waals surface area contributed by atoms with Gasteiger partial charge in [0.05, 0.1) is 16.1 Å². The highest BCUT2D eigenvalue weighted by atomic mass is 35.5. The summed E-state index contributed by atoms with van der Waals surface area (Å²) in [6, 6.07) is 10.7. The van der Waals surface area contributed by atoms with Gasteiger partial charge in [0.1, 0.15) is 6.04 Å². The topological polar surface area (TPSA) is 110 Å². The third kappa shape index (κ3) is 5.22. The molecular formula is C26H28ClN3O5. The van der Waals surface area contributed by atoms with E-state index in [0.717, 1.165) is 0 Å². The Morgan fingerprint density at radius 2 is 1.63 bits per heavy atom. The van der Waals surface area contributed by atoms with Crippen LogP contribution in [0.15, 0.2) is 52.1 Å². The number of carboxylic acids is 1. The Morgan fingerprint density at radius 3 is 2.17 bits per heavy atom. The van der Waals surface area contributed by atoms with Crippen LogP contribution in [0, 0.1) is 13.8 Å². The zero-order chi connectivity index (χ0) is 25.9. The molecule has 0 bridgehead atoms. The third-order valence-corrected chi connectivity index (χ3v) is 6.37. The largest absolute Gasteiger partial charge is 0.480 e. The highest BCUT2D eigenvalue weighted by Gasteiger charge is 2.24. The van der Waals surface area contributed by atoms with E-state index in [2.05, 4.69) is 5.32 Å². The van der Waals surface area contributed by atoms with E-state index in [4.69, 9.17) is 11.6 Å². The molecule has 3 aromatic rings.